The molecule has 1 N–H and O–H groups in total. The summed E-state index contributed by atoms with van der Waals surface area (Å²) in [5, 5.41) is 3.21. The van der Waals surface area contributed by atoms with E-state index in [0.717, 1.165) is 28.8 Å². The van der Waals surface area contributed by atoms with Crippen molar-refractivity contribution in [3.05, 3.63) is 40.2 Å². The summed E-state index contributed by atoms with van der Waals surface area (Å²) < 4.78 is 14.2. The molecule has 0 aliphatic carbocycles. The monoisotopic (exact) mass is 323 g/mol. The molecule has 0 fully saturated rings. The van der Waals surface area contributed by atoms with Crippen molar-refractivity contribution in [2.45, 2.75) is 20.3 Å². The van der Waals surface area contributed by atoms with E-state index in [-0.39, 0.29) is 5.82 Å². The molecule has 1 aromatic carbocycles. The Kier molecular flexibility index (Phi) is 4.47. The molecule has 0 aliphatic heterocycles. The molecular formula is C14H15BrFN3. The molecule has 2 rings (SSSR count). The van der Waals surface area contributed by atoms with Gasteiger partial charge in [0.1, 0.15) is 11.6 Å². The van der Waals surface area contributed by atoms with Gasteiger partial charge in [-0.25, -0.2) is 14.4 Å². The summed E-state index contributed by atoms with van der Waals surface area (Å²) in [7, 11) is 0. The quantitative estimate of drug-likeness (QED) is 0.917. The lowest BCUT2D eigenvalue weighted by atomic mass is 10.1. The summed E-state index contributed by atoms with van der Waals surface area (Å²) in [4.78, 5) is 8.66. The number of benzene rings is 1. The molecule has 2 aromatic rings. The van der Waals surface area contributed by atoms with E-state index in [0.29, 0.717) is 11.4 Å². The van der Waals surface area contributed by atoms with Gasteiger partial charge in [-0.15, -0.1) is 0 Å². The van der Waals surface area contributed by atoms with E-state index in [2.05, 4.69) is 38.1 Å². The highest BCUT2D eigenvalue weighted by molar-refractivity contribution is 9.10. The van der Waals surface area contributed by atoms with Gasteiger partial charge < -0.3 is 5.32 Å². The normalized spacial score (nSPS) is 10.5. The van der Waals surface area contributed by atoms with E-state index < -0.39 is 0 Å². The minimum Gasteiger partial charge on any atom is -0.369 e. The van der Waals surface area contributed by atoms with Gasteiger partial charge in [0, 0.05) is 18.3 Å². The minimum atomic E-state index is -0.274. The molecule has 1 aromatic heterocycles. The Balaban J connectivity index is 2.39. The average Bonchev–Trinajstić information content (AvgIpc) is 2.36. The maximum absolute atomic E-state index is 13.4. The Morgan fingerprint density at radius 3 is 2.79 bits per heavy atom. The highest BCUT2D eigenvalue weighted by atomic mass is 79.9. The Hall–Kier alpha value is -1.49. The Morgan fingerprint density at radius 1 is 1.32 bits per heavy atom. The van der Waals surface area contributed by atoms with Crippen LogP contribution < -0.4 is 5.32 Å². The molecule has 0 saturated carbocycles. The zero-order valence-corrected chi connectivity index (χ0v) is 12.5. The fourth-order valence-electron chi connectivity index (χ4n) is 1.74. The lowest BCUT2D eigenvalue weighted by molar-refractivity contribution is 0.627. The average molecular weight is 324 g/mol. The number of nitrogens with one attached hydrogen (secondary N) is 1. The standard InChI is InChI=1S/C14H15BrFN3/c1-3-4-17-14-12(15)8-18-13(19-14)10-5-9(2)6-11(16)7-10/h5-8H,3-4H2,1-2H3,(H,17,18,19). The summed E-state index contributed by atoms with van der Waals surface area (Å²) in [5.41, 5.74) is 1.54. The molecule has 100 valence electrons. The van der Waals surface area contributed by atoms with Gasteiger partial charge in [-0.2, -0.15) is 0 Å². The molecule has 0 amide bonds. The topological polar surface area (TPSA) is 37.8 Å². The van der Waals surface area contributed by atoms with Crippen LogP contribution in [0.1, 0.15) is 18.9 Å². The zero-order valence-electron chi connectivity index (χ0n) is 10.9. The van der Waals surface area contributed by atoms with Crippen molar-refractivity contribution in [1.29, 1.82) is 0 Å². The second-order valence-electron chi connectivity index (χ2n) is 4.33. The second kappa shape index (κ2) is 6.10. The first-order chi connectivity index (χ1) is 9.10. The molecule has 19 heavy (non-hydrogen) atoms. The van der Waals surface area contributed by atoms with Crippen molar-refractivity contribution in [1.82, 2.24) is 9.97 Å². The first kappa shape index (κ1) is 13.9. The molecule has 0 radical (unpaired) electrons. The van der Waals surface area contributed by atoms with Gasteiger partial charge in [-0.3, -0.25) is 0 Å². The van der Waals surface area contributed by atoms with Crippen molar-refractivity contribution < 1.29 is 4.39 Å². The number of anilines is 1. The maximum atomic E-state index is 13.4. The van der Waals surface area contributed by atoms with Crippen LogP contribution in [-0.2, 0) is 0 Å². The van der Waals surface area contributed by atoms with E-state index in [1.807, 2.05) is 13.0 Å². The summed E-state index contributed by atoms with van der Waals surface area (Å²) in [6.07, 6.45) is 2.69. The number of hydrogen-bond donors (Lipinski definition) is 1. The van der Waals surface area contributed by atoms with Gasteiger partial charge in [0.05, 0.1) is 4.47 Å². The number of halogens is 2. The number of aromatic nitrogens is 2. The van der Waals surface area contributed by atoms with E-state index in [1.54, 1.807) is 6.20 Å². The fraction of sp³-hybridized carbons (Fsp3) is 0.286. The summed E-state index contributed by atoms with van der Waals surface area (Å²) in [5.74, 6) is 0.975. The van der Waals surface area contributed by atoms with Gasteiger partial charge in [0.15, 0.2) is 5.82 Å². The first-order valence-electron chi connectivity index (χ1n) is 6.14. The molecule has 3 nitrogen and oxygen atoms in total. The van der Waals surface area contributed by atoms with Crippen LogP contribution >= 0.6 is 15.9 Å². The van der Waals surface area contributed by atoms with Crippen LogP contribution in [0.2, 0.25) is 0 Å². The fourth-order valence-corrected chi connectivity index (χ4v) is 2.07. The number of aryl methyl sites for hydroxylation is 1. The molecule has 0 unspecified atom stereocenters. The third-order valence-electron chi connectivity index (χ3n) is 2.59. The Labute approximate surface area is 120 Å². The van der Waals surface area contributed by atoms with Crippen LogP contribution in [-0.4, -0.2) is 16.5 Å². The third-order valence-corrected chi connectivity index (χ3v) is 3.17. The van der Waals surface area contributed by atoms with Gasteiger partial charge in [0.25, 0.3) is 0 Å². The van der Waals surface area contributed by atoms with Crippen molar-refractivity contribution in [2.75, 3.05) is 11.9 Å². The second-order valence-corrected chi connectivity index (χ2v) is 5.19. The van der Waals surface area contributed by atoms with E-state index in [9.17, 15) is 4.39 Å². The smallest absolute Gasteiger partial charge is 0.161 e. The molecule has 0 aliphatic rings. The SMILES string of the molecule is CCCNc1nc(-c2cc(C)cc(F)c2)ncc1Br. The molecule has 0 atom stereocenters. The molecule has 5 heteroatoms. The van der Waals surface area contributed by atoms with Crippen LogP contribution in [0.25, 0.3) is 11.4 Å². The number of hydrogen-bond acceptors (Lipinski definition) is 3. The molecule has 1 heterocycles. The lowest BCUT2D eigenvalue weighted by Gasteiger charge is -2.08. The summed E-state index contributed by atoms with van der Waals surface area (Å²) in [6, 6.07) is 4.80. The Bertz CT molecular complexity index is 567. The van der Waals surface area contributed by atoms with E-state index in [1.165, 1.54) is 12.1 Å². The molecule has 0 bridgehead atoms. The Morgan fingerprint density at radius 2 is 2.11 bits per heavy atom. The van der Waals surface area contributed by atoms with Gasteiger partial charge in [-0.1, -0.05) is 6.92 Å². The minimum absolute atomic E-state index is 0.274. The van der Waals surface area contributed by atoms with Crippen LogP contribution in [0.5, 0.6) is 0 Å². The maximum Gasteiger partial charge on any atom is 0.161 e. The van der Waals surface area contributed by atoms with Gasteiger partial charge in [0.2, 0.25) is 0 Å². The highest BCUT2D eigenvalue weighted by Crippen LogP contribution is 2.24. The highest BCUT2D eigenvalue weighted by Gasteiger charge is 2.08. The van der Waals surface area contributed by atoms with Crippen molar-refractivity contribution >= 4 is 21.7 Å². The largest absolute Gasteiger partial charge is 0.369 e. The number of nitrogens with zero attached hydrogens (tertiary/aromatic N) is 2. The van der Waals surface area contributed by atoms with E-state index >= 15 is 0 Å². The van der Waals surface area contributed by atoms with Crippen LogP contribution in [0.3, 0.4) is 0 Å². The number of rotatable bonds is 4. The van der Waals surface area contributed by atoms with Crippen LogP contribution in [0, 0.1) is 12.7 Å². The lowest BCUT2D eigenvalue weighted by Crippen LogP contribution is -2.04. The van der Waals surface area contributed by atoms with E-state index in [4.69, 9.17) is 0 Å². The van der Waals surface area contributed by atoms with Crippen molar-refractivity contribution in [2.24, 2.45) is 0 Å². The van der Waals surface area contributed by atoms with Gasteiger partial charge in [-0.05, 0) is 53.0 Å². The predicted molar refractivity (Wildman–Crippen MR) is 78.6 cm³/mol. The molecular weight excluding hydrogens is 309 g/mol. The first-order valence-corrected chi connectivity index (χ1v) is 6.93. The predicted octanol–water partition coefficient (Wildman–Crippen LogP) is 4.18. The zero-order chi connectivity index (χ0) is 13.8. The summed E-state index contributed by atoms with van der Waals surface area (Å²) in [6.45, 7) is 4.76. The van der Waals surface area contributed by atoms with Crippen LogP contribution in [0.15, 0.2) is 28.9 Å². The van der Waals surface area contributed by atoms with Crippen LogP contribution in [0.4, 0.5) is 10.2 Å². The molecule has 0 spiro atoms. The van der Waals surface area contributed by atoms with Crippen molar-refractivity contribution in [3.63, 3.8) is 0 Å². The third kappa shape index (κ3) is 3.50. The molecule has 0 saturated heterocycles. The van der Waals surface area contributed by atoms with Gasteiger partial charge >= 0.3 is 0 Å². The summed E-state index contributed by atoms with van der Waals surface area (Å²) >= 11 is 3.40. The van der Waals surface area contributed by atoms with Crippen molar-refractivity contribution in [3.8, 4) is 11.4 Å².